The fourth-order valence-corrected chi connectivity index (χ4v) is 2.60. The zero-order chi connectivity index (χ0) is 18.1. The Morgan fingerprint density at radius 2 is 2.12 bits per heavy atom. The van der Waals surface area contributed by atoms with Crippen molar-refractivity contribution < 1.29 is 18.5 Å². The topological polar surface area (TPSA) is 81.6 Å². The lowest BCUT2D eigenvalue weighted by Crippen LogP contribution is -2.26. The van der Waals surface area contributed by atoms with Gasteiger partial charge in [-0.05, 0) is 12.1 Å². The van der Waals surface area contributed by atoms with Gasteiger partial charge in [-0.3, -0.25) is 4.79 Å². The molecule has 0 aliphatic heterocycles. The second-order valence-corrected chi connectivity index (χ2v) is 6.44. The van der Waals surface area contributed by atoms with Crippen LogP contribution in [0.15, 0.2) is 27.1 Å². The largest absolute Gasteiger partial charge is 0.493 e. The first-order chi connectivity index (χ1) is 11.9. The van der Waals surface area contributed by atoms with Gasteiger partial charge >= 0.3 is 0 Å². The number of nitrogens with zero attached hydrogens (tertiary/aromatic N) is 3. The van der Waals surface area contributed by atoms with Crippen LogP contribution in [0.2, 0.25) is 5.02 Å². The van der Waals surface area contributed by atoms with Gasteiger partial charge in [-0.25, -0.2) is 0 Å². The summed E-state index contributed by atoms with van der Waals surface area (Å²) >= 11 is 6.05. The van der Waals surface area contributed by atoms with Crippen molar-refractivity contribution in [1.29, 1.82) is 0 Å². The summed E-state index contributed by atoms with van der Waals surface area (Å²) in [5.41, 5.74) is 0.477. The molecule has 7 nitrogen and oxygen atoms in total. The summed E-state index contributed by atoms with van der Waals surface area (Å²) in [6, 6.07) is 4.99. The van der Waals surface area contributed by atoms with Crippen LogP contribution in [0.1, 0.15) is 42.0 Å². The number of hydrogen-bond donors (Lipinski definition) is 0. The van der Waals surface area contributed by atoms with Gasteiger partial charge in [0.15, 0.2) is 22.9 Å². The van der Waals surface area contributed by atoms with E-state index in [1.807, 2.05) is 13.8 Å². The van der Waals surface area contributed by atoms with E-state index in [-0.39, 0.29) is 24.1 Å². The Bertz CT molecular complexity index is 916. The van der Waals surface area contributed by atoms with Crippen LogP contribution in [0.25, 0.3) is 11.0 Å². The Labute approximate surface area is 149 Å². The highest BCUT2D eigenvalue weighted by molar-refractivity contribution is 6.31. The van der Waals surface area contributed by atoms with Gasteiger partial charge in [0.1, 0.15) is 0 Å². The molecule has 0 aliphatic carbocycles. The van der Waals surface area contributed by atoms with Gasteiger partial charge in [-0.15, -0.1) is 0 Å². The molecular formula is C17H18ClN3O4. The molecule has 0 saturated carbocycles. The maximum atomic E-state index is 12.6. The number of carbonyl (C=O) groups is 1. The zero-order valence-corrected chi connectivity index (χ0v) is 15.1. The quantitative estimate of drug-likeness (QED) is 0.684. The fourth-order valence-electron chi connectivity index (χ4n) is 2.38. The van der Waals surface area contributed by atoms with Crippen LogP contribution >= 0.6 is 11.6 Å². The molecule has 0 atom stereocenters. The van der Waals surface area contributed by atoms with Gasteiger partial charge in [-0.2, -0.15) is 4.98 Å². The number of halogens is 1. The molecule has 0 saturated heterocycles. The minimum atomic E-state index is -0.301. The summed E-state index contributed by atoms with van der Waals surface area (Å²) in [7, 11) is 3.16. The van der Waals surface area contributed by atoms with Crippen molar-refractivity contribution in [2.75, 3.05) is 14.2 Å². The van der Waals surface area contributed by atoms with E-state index in [0.717, 1.165) is 0 Å². The molecule has 0 fully saturated rings. The van der Waals surface area contributed by atoms with E-state index in [0.29, 0.717) is 33.5 Å². The normalized spacial score (nSPS) is 11.3. The smallest absolute Gasteiger partial charge is 0.289 e. The molecule has 25 heavy (non-hydrogen) atoms. The molecular weight excluding hydrogens is 346 g/mol. The number of ether oxygens (including phenoxy) is 1. The second kappa shape index (κ2) is 6.76. The van der Waals surface area contributed by atoms with Gasteiger partial charge in [0, 0.05) is 29.4 Å². The molecule has 132 valence electrons. The molecule has 3 aromatic rings. The monoisotopic (exact) mass is 363 g/mol. The number of aromatic nitrogens is 2. The van der Waals surface area contributed by atoms with Crippen LogP contribution in [-0.2, 0) is 6.54 Å². The van der Waals surface area contributed by atoms with E-state index in [2.05, 4.69) is 10.1 Å². The summed E-state index contributed by atoms with van der Waals surface area (Å²) in [5.74, 6) is 1.48. The minimum Gasteiger partial charge on any atom is -0.493 e. The number of carbonyl (C=O) groups excluding carboxylic acids is 1. The maximum Gasteiger partial charge on any atom is 0.289 e. The van der Waals surface area contributed by atoms with Gasteiger partial charge in [0.25, 0.3) is 5.91 Å². The number of benzene rings is 1. The van der Waals surface area contributed by atoms with E-state index in [4.69, 9.17) is 25.3 Å². The van der Waals surface area contributed by atoms with Gasteiger partial charge in [0.2, 0.25) is 5.89 Å². The van der Waals surface area contributed by atoms with Crippen molar-refractivity contribution in [2.45, 2.75) is 26.3 Å². The van der Waals surface area contributed by atoms with Crippen molar-refractivity contribution in [3.8, 4) is 5.75 Å². The van der Waals surface area contributed by atoms with E-state index in [9.17, 15) is 4.79 Å². The minimum absolute atomic E-state index is 0.134. The van der Waals surface area contributed by atoms with E-state index < -0.39 is 0 Å². The summed E-state index contributed by atoms with van der Waals surface area (Å²) in [5, 5.41) is 5.09. The number of furan rings is 1. The summed E-state index contributed by atoms with van der Waals surface area (Å²) < 4.78 is 16.1. The molecule has 0 spiro atoms. The predicted octanol–water partition coefficient (Wildman–Crippen LogP) is 3.87. The Balaban J connectivity index is 1.83. The van der Waals surface area contributed by atoms with Crippen molar-refractivity contribution in [3.63, 3.8) is 0 Å². The van der Waals surface area contributed by atoms with Gasteiger partial charge < -0.3 is 18.6 Å². The summed E-state index contributed by atoms with van der Waals surface area (Å²) in [4.78, 5) is 18.3. The van der Waals surface area contributed by atoms with Crippen molar-refractivity contribution >= 4 is 28.5 Å². The molecule has 1 amide bonds. The molecule has 0 aliphatic rings. The first-order valence-corrected chi connectivity index (χ1v) is 8.12. The Kier molecular flexibility index (Phi) is 4.67. The molecule has 3 rings (SSSR count). The summed E-state index contributed by atoms with van der Waals surface area (Å²) in [6.45, 7) is 4.13. The van der Waals surface area contributed by atoms with Crippen LogP contribution in [0.3, 0.4) is 0 Å². The average Bonchev–Trinajstić information content (AvgIpc) is 3.19. The average molecular weight is 364 g/mol. The molecule has 0 radical (unpaired) electrons. The SMILES string of the molecule is COc1cc(Cl)cc2cc(C(=O)N(C)Cc3noc(C(C)C)n3)oc12. The second-order valence-electron chi connectivity index (χ2n) is 6.00. The Hall–Kier alpha value is -2.54. The number of rotatable bonds is 5. The van der Waals surface area contributed by atoms with Crippen LogP contribution in [0, 0.1) is 0 Å². The van der Waals surface area contributed by atoms with E-state index in [1.54, 1.807) is 25.2 Å². The third kappa shape index (κ3) is 3.46. The van der Waals surface area contributed by atoms with Crippen molar-refractivity contribution in [3.05, 3.63) is 40.7 Å². The number of fused-ring (bicyclic) bond motifs is 1. The number of methoxy groups -OCH3 is 1. The van der Waals surface area contributed by atoms with Crippen molar-refractivity contribution in [1.82, 2.24) is 15.0 Å². The molecule has 1 aromatic carbocycles. The zero-order valence-electron chi connectivity index (χ0n) is 14.4. The molecule has 2 heterocycles. The van der Waals surface area contributed by atoms with Gasteiger partial charge in [0.05, 0.1) is 13.7 Å². The van der Waals surface area contributed by atoms with Crippen LogP contribution < -0.4 is 4.74 Å². The van der Waals surface area contributed by atoms with Gasteiger partial charge in [-0.1, -0.05) is 30.6 Å². The fraction of sp³-hybridized carbons (Fsp3) is 0.353. The first-order valence-electron chi connectivity index (χ1n) is 7.74. The number of amides is 1. The maximum absolute atomic E-state index is 12.6. The van der Waals surface area contributed by atoms with E-state index in [1.165, 1.54) is 12.0 Å². The van der Waals surface area contributed by atoms with Crippen molar-refractivity contribution in [2.24, 2.45) is 0 Å². The molecule has 2 aromatic heterocycles. The molecule has 0 bridgehead atoms. The predicted molar refractivity (Wildman–Crippen MR) is 92.0 cm³/mol. The summed E-state index contributed by atoms with van der Waals surface area (Å²) in [6.07, 6.45) is 0. The van der Waals surface area contributed by atoms with Crippen LogP contribution in [-0.4, -0.2) is 35.1 Å². The highest BCUT2D eigenvalue weighted by Gasteiger charge is 2.21. The first kappa shape index (κ1) is 17.3. The standard InChI is InChI=1S/C17H18ClN3O4/c1-9(2)16-19-14(20-25-16)8-21(3)17(22)13-6-10-5-11(18)7-12(23-4)15(10)24-13/h5-7,9H,8H2,1-4H3. The lowest BCUT2D eigenvalue weighted by Gasteiger charge is -2.12. The number of hydrogen-bond acceptors (Lipinski definition) is 6. The third-order valence-electron chi connectivity index (χ3n) is 3.68. The van der Waals surface area contributed by atoms with Crippen LogP contribution in [0.5, 0.6) is 5.75 Å². The molecule has 8 heteroatoms. The highest BCUT2D eigenvalue weighted by Crippen LogP contribution is 2.32. The third-order valence-corrected chi connectivity index (χ3v) is 3.90. The molecule has 0 unspecified atom stereocenters. The Morgan fingerprint density at radius 1 is 1.36 bits per heavy atom. The lowest BCUT2D eigenvalue weighted by atomic mass is 10.2. The van der Waals surface area contributed by atoms with E-state index >= 15 is 0 Å². The van der Waals surface area contributed by atoms with Crippen LogP contribution in [0.4, 0.5) is 0 Å². The Morgan fingerprint density at radius 3 is 2.76 bits per heavy atom. The molecule has 0 N–H and O–H groups in total. The highest BCUT2D eigenvalue weighted by atomic mass is 35.5. The lowest BCUT2D eigenvalue weighted by molar-refractivity contribution is 0.0751.